The highest BCUT2D eigenvalue weighted by molar-refractivity contribution is 5.90. The van der Waals surface area contributed by atoms with Gasteiger partial charge in [-0.15, -0.1) is 0 Å². The molecule has 32 heavy (non-hydrogen) atoms. The Bertz CT molecular complexity index is 1110. The molecule has 2 aromatic rings. The number of ether oxygens (including phenoxy) is 2. The number of carbonyl (C=O) groups excluding carboxylic acids is 2. The number of rotatable bonds is 6. The summed E-state index contributed by atoms with van der Waals surface area (Å²) in [6.45, 7) is 3.59. The van der Waals surface area contributed by atoms with Crippen LogP contribution in [0.1, 0.15) is 32.6 Å². The van der Waals surface area contributed by atoms with Gasteiger partial charge in [-0.2, -0.15) is 9.97 Å². The van der Waals surface area contributed by atoms with Gasteiger partial charge in [-0.05, 0) is 43.1 Å². The molecule has 1 aromatic carbocycles. The van der Waals surface area contributed by atoms with Crippen molar-refractivity contribution in [1.29, 1.82) is 0 Å². The van der Waals surface area contributed by atoms with Crippen LogP contribution in [0.3, 0.4) is 0 Å². The first-order valence-electron chi connectivity index (χ1n) is 10.8. The van der Waals surface area contributed by atoms with Crippen LogP contribution < -0.4 is 9.64 Å². The lowest BCUT2D eigenvalue weighted by molar-refractivity contribution is -0.144. The van der Waals surface area contributed by atoms with E-state index in [4.69, 9.17) is 9.47 Å². The zero-order valence-electron chi connectivity index (χ0n) is 18.1. The molecule has 4 atom stereocenters. The second kappa shape index (κ2) is 7.35. The van der Waals surface area contributed by atoms with Crippen LogP contribution in [-0.4, -0.2) is 49.0 Å². The average molecular weight is 445 g/mol. The van der Waals surface area contributed by atoms with E-state index >= 15 is 0 Å². The number of aldehydes is 1. The molecule has 5 rings (SSSR count). The van der Waals surface area contributed by atoms with Gasteiger partial charge in [-0.3, -0.25) is 4.79 Å². The minimum absolute atomic E-state index is 0.0325. The van der Waals surface area contributed by atoms with Gasteiger partial charge in [0.1, 0.15) is 30.0 Å². The van der Waals surface area contributed by atoms with E-state index in [2.05, 4.69) is 21.8 Å². The lowest BCUT2D eigenvalue weighted by Gasteiger charge is -2.39. The molecule has 1 aromatic heterocycles. The van der Waals surface area contributed by atoms with Crippen LogP contribution in [0.2, 0.25) is 0 Å². The Morgan fingerprint density at radius 3 is 2.84 bits per heavy atom. The number of fused-ring (bicyclic) bond motifs is 3. The van der Waals surface area contributed by atoms with E-state index in [1.165, 1.54) is 13.2 Å². The van der Waals surface area contributed by atoms with Crippen LogP contribution in [0.25, 0.3) is 10.9 Å². The molecule has 3 fully saturated rings. The van der Waals surface area contributed by atoms with E-state index in [0.29, 0.717) is 29.8 Å². The van der Waals surface area contributed by atoms with Crippen LogP contribution in [0, 0.1) is 34.3 Å². The van der Waals surface area contributed by atoms with Crippen LogP contribution in [0.4, 0.5) is 14.6 Å². The van der Waals surface area contributed by atoms with E-state index < -0.39 is 28.9 Å². The predicted molar refractivity (Wildman–Crippen MR) is 111 cm³/mol. The van der Waals surface area contributed by atoms with Gasteiger partial charge >= 0.3 is 12.0 Å². The molecule has 1 saturated heterocycles. The maximum Gasteiger partial charge on any atom is 0.319 e. The highest BCUT2D eigenvalue weighted by atomic mass is 19.1. The van der Waals surface area contributed by atoms with Crippen molar-refractivity contribution in [2.75, 3.05) is 31.7 Å². The molecule has 1 aliphatic heterocycles. The molecule has 0 spiro atoms. The number of methoxy groups -OCH3 is 1. The summed E-state index contributed by atoms with van der Waals surface area (Å²) in [5, 5.41) is 0.295. The molecule has 2 bridgehead atoms. The Hall–Kier alpha value is -2.84. The van der Waals surface area contributed by atoms with Crippen molar-refractivity contribution < 1.29 is 27.8 Å². The first kappa shape index (κ1) is 21.0. The van der Waals surface area contributed by atoms with Crippen molar-refractivity contribution in [3.8, 4) is 6.01 Å². The summed E-state index contributed by atoms with van der Waals surface area (Å²) in [7, 11) is 1.27. The number of hydrogen-bond donors (Lipinski definition) is 0. The van der Waals surface area contributed by atoms with Crippen molar-refractivity contribution in [2.45, 2.75) is 32.6 Å². The summed E-state index contributed by atoms with van der Waals surface area (Å²) in [5.41, 5.74) is -0.893. The van der Waals surface area contributed by atoms with Gasteiger partial charge < -0.3 is 19.2 Å². The highest BCUT2D eigenvalue weighted by Crippen LogP contribution is 2.52. The Morgan fingerprint density at radius 1 is 1.31 bits per heavy atom. The number of benzene rings is 1. The molecular weight excluding hydrogens is 420 g/mol. The van der Waals surface area contributed by atoms with Gasteiger partial charge in [0, 0.05) is 24.5 Å². The number of piperidine rings is 1. The summed E-state index contributed by atoms with van der Waals surface area (Å²) in [6, 6.07) is 1.93. The smallest absolute Gasteiger partial charge is 0.319 e. The minimum Gasteiger partial charge on any atom is -0.469 e. The summed E-state index contributed by atoms with van der Waals surface area (Å²) in [5.74, 6) is -1.61. The first-order valence-corrected chi connectivity index (χ1v) is 10.8. The monoisotopic (exact) mass is 445 g/mol. The molecule has 9 heteroatoms. The molecule has 2 heterocycles. The van der Waals surface area contributed by atoms with Gasteiger partial charge in [0.05, 0.1) is 18.4 Å². The fraction of sp³-hybridized carbons (Fsp3) is 0.565. The molecule has 2 saturated carbocycles. The Morgan fingerprint density at radius 2 is 2.12 bits per heavy atom. The number of aromatic nitrogens is 2. The number of nitrogens with zero attached hydrogens (tertiary/aromatic N) is 3. The van der Waals surface area contributed by atoms with E-state index in [1.54, 1.807) is 0 Å². The van der Waals surface area contributed by atoms with E-state index in [0.717, 1.165) is 38.4 Å². The maximum atomic E-state index is 14.7. The van der Waals surface area contributed by atoms with Crippen LogP contribution >= 0.6 is 0 Å². The zero-order chi connectivity index (χ0) is 22.7. The Kier molecular flexibility index (Phi) is 4.83. The van der Waals surface area contributed by atoms with Gasteiger partial charge in [-0.1, -0.05) is 6.92 Å². The number of esters is 1. The predicted octanol–water partition coefficient (Wildman–Crippen LogP) is 3.29. The largest absolute Gasteiger partial charge is 0.469 e. The topological polar surface area (TPSA) is 81.6 Å². The van der Waals surface area contributed by atoms with E-state index in [1.807, 2.05) is 0 Å². The standard InChI is InChI=1S/C23H25F2N3O4/c1-22-4-3-13(7-22)9-28(10-22)19-15-5-14(24)6-17(25)18(15)26-21(27-19)32-12-23(11-29)8-16(23)20(30)31-2/h5-6,11,13,16H,3-4,7-10,12H2,1-2H3/t13-,16?,22-,23?/m0/s1. The molecule has 0 radical (unpaired) electrons. The van der Waals surface area contributed by atoms with Crippen LogP contribution in [-0.2, 0) is 14.3 Å². The van der Waals surface area contributed by atoms with Crippen molar-refractivity contribution >= 4 is 29.0 Å². The average Bonchev–Trinajstić information content (AvgIpc) is 3.43. The number of halogens is 2. The second-order valence-electron chi connectivity index (χ2n) is 9.83. The molecule has 170 valence electrons. The summed E-state index contributed by atoms with van der Waals surface area (Å²) in [6.07, 6.45) is 4.37. The van der Waals surface area contributed by atoms with Crippen molar-refractivity contribution in [3.63, 3.8) is 0 Å². The van der Waals surface area contributed by atoms with Gasteiger partial charge in [0.15, 0.2) is 5.82 Å². The molecule has 0 amide bonds. The minimum atomic E-state index is -0.995. The van der Waals surface area contributed by atoms with Crippen LogP contribution in [0.5, 0.6) is 6.01 Å². The van der Waals surface area contributed by atoms with Crippen molar-refractivity contribution in [2.24, 2.45) is 22.7 Å². The van der Waals surface area contributed by atoms with Crippen molar-refractivity contribution in [1.82, 2.24) is 9.97 Å². The van der Waals surface area contributed by atoms with Crippen LogP contribution in [0.15, 0.2) is 12.1 Å². The summed E-state index contributed by atoms with van der Waals surface area (Å²) >= 11 is 0. The van der Waals surface area contributed by atoms with Gasteiger partial charge in [0.2, 0.25) is 0 Å². The van der Waals surface area contributed by atoms with E-state index in [-0.39, 0.29) is 23.5 Å². The Balaban J connectivity index is 1.49. The van der Waals surface area contributed by atoms with Crippen molar-refractivity contribution in [3.05, 3.63) is 23.8 Å². The summed E-state index contributed by atoms with van der Waals surface area (Å²) in [4.78, 5) is 34.2. The number of carbonyl (C=O) groups is 2. The molecular formula is C23H25F2N3O4. The molecule has 2 aliphatic carbocycles. The molecule has 2 unspecified atom stereocenters. The molecule has 7 nitrogen and oxygen atoms in total. The summed E-state index contributed by atoms with van der Waals surface area (Å²) < 4.78 is 39.2. The fourth-order valence-corrected chi connectivity index (χ4v) is 5.48. The quantitative estimate of drug-likeness (QED) is 0.499. The highest BCUT2D eigenvalue weighted by Gasteiger charge is 2.60. The normalized spacial score (nSPS) is 30.9. The third-order valence-corrected chi connectivity index (χ3v) is 7.27. The third-order valence-electron chi connectivity index (χ3n) is 7.27. The van der Waals surface area contributed by atoms with E-state index in [9.17, 15) is 18.4 Å². The molecule has 0 N–H and O–H groups in total. The lowest BCUT2D eigenvalue weighted by atomic mass is 9.84. The third kappa shape index (κ3) is 3.47. The SMILES string of the molecule is COC(=O)C1CC1(C=O)COc1nc(N2C[C@H]3CC[C@@](C)(C3)C2)c2cc(F)cc(F)c2n1. The Labute approximate surface area is 184 Å². The number of anilines is 1. The number of hydrogen-bond acceptors (Lipinski definition) is 7. The second-order valence-corrected chi connectivity index (χ2v) is 9.83. The van der Waals surface area contributed by atoms with Gasteiger partial charge in [-0.25, -0.2) is 8.78 Å². The zero-order valence-corrected chi connectivity index (χ0v) is 18.1. The lowest BCUT2D eigenvalue weighted by Crippen LogP contribution is -2.42. The van der Waals surface area contributed by atoms with Gasteiger partial charge in [0.25, 0.3) is 0 Å². The molecule has 3 aliphatic rings. The maximum absolute atomic E-state index is 14.7. The first-order chi connectivity index (χ1) is 15.3. The fourth-order valence-electron chi connectivity index (χ4n) is 5.48.